The van der Waals surface area contributed by atoms with E-state index in [0.29, 0.717) is 11.6 Å². The second-order valence-electron chi connectivity index (χ2n) is 5.12. The van der Waals surface area contributed by atoms with Crippen LogP contribution in [0.3, 0.4) is 0 Å². The molecule has 2 heterocycles. The zero-order chi connectivity index (χ0) is 15.5. The van der Waals surface area contributed by atoms with Crippen LogP contribution in [0.15, 0.2) is 47.0 Å². The molecule has 3 rings (SSSR count). The van der Waals surface area contributed by atoms with Gasteiger partial charge in [0, 0.05) is 29.4 Å². The SMILES string of the molecule is COCC(Nc1ccnc2cc(Cl)ccc12)c1ccc(C)o1. The number of halogens is 1. The Morgan fingerprint density at radius 3 is 2.86 bits per heavy atom. The first kappa shape index (κ1) is 14.9. The van der Waals surface area contributed by atoms with Gasteiger partial charge in [0.2, 0.25) is 0 Å². The first-order valence-corrected chi connectivity index (χ1v) is 7.41. The molecule has 0 fully saturated rings. The fraction of sp³-hybridized carbons (Fsp3) is 0.235. The van der Waals surface area contributed by atoms with E-state index in [-0.39, 0.29) is 6.04 Å². The normalized spacial score (nSPS) is 12.5. The summed E-state index contributed by atoms with van der Waals surface area (Å²) < 4.78 is 11.0. The molecule has 3 aromatic rings. The Hall–Kier alpha value is -2.04. The number of nitrogens with zero attached hydrogens (tertiary/aromatic N) is 1. The van der Waals surface area contributed by atoms with Gasteiger partial charge in [0.15, 0.2) is 0 Å². The van der Waals surface area contributed by atoms with Gasteiger partial charge in [-0.2, -0.15) is 0 Å². The third-order valence-electron chi connectivity index (χ3n) is 3.47. The van der Waals surface area contributed by atoms with E-state index < -0.39 is 0 Å². The molecule has 1 atom stereocenters. The molecule has 1 N–H and O–H groups in total. The number of hydrogen-bond donors (Lipinski definition) is 1. The van der Waals surface area contributed by atoms with Crippen molar-refractivity contribution in [3.05, 3.63) is 59.1 Å². The topological polar surface area (TPSA) is 47.3 Å². The monoisotopic (exact) mass is 316 g/mol. The lowest BCUT2D eigenvalue weighted by molar-refractivity contribution is 0.178. The molecule has 0 saturated heterocycles. The van der Waals surface area contributed by atoms with E-state index in [9.17, 15) is 0 Å². The molecule has 2 aromatic heterocycles. The minimum atomic E-state index is -0.0695. The zero-order valence-corrected chi connectivity index (χ0v) is 13.2. The summed E-state index contributed by atoms with van der Waals surface area (Å²) in [4.78, 5) is 4.35. The molecule has 4 nitrogen and oxygen atoms in total. The molecule has 0 aliphatic heterocycles. The predicted molar refractivity (Wildman–Crippen MR) is 88.4 cm³/mol. The van der Waals surface area contributed by atoms with Crippen molar-refractivity contribution in [3.8, 4) is 0 Å². The molecule has 0 saturated carbocycles. The lowest BCUT2D eigenvalue weighted by Crippen LogP contribution is -2.16. The molecule has 0 aliphatic rings. The van der Waals surface area contributed by atoms with E-state index in [1.165, 1.54) is 0 Å². The van der Waals surface area contributed by atoms with Crippen molar-refractivity contribution in [2.75, 3.05) is 19.0 Å². The second-order valence-corrected chi connectivity index (χ2v) is 5.56. The quantitative estimate of drug-likeness (QED) is 0.748. The maximum absolute atomic E-state index is 6.03. The minimum absolute atomic E-state index is 0.0695. The molecule has 22 heavy (non-hydrogen) atoms. The fourth-order valence-electron chi connectivity index (χ4n) is 2.44. The smallest absolute Gasteiger partial charge is 0.128 e. The summed E-state index contributed by atoms with van der Waals surface area (Å²) in [6.07, 6.45) is 1.76. The fourth-order valence-corrected chi connectivity index (χ4v) is 2.60. The molecular formula is C17H17ClN2O2. The molecule has 114 valence electrons. The van der Waals surface area contributed by atoms with Crippen LogP contribution in [0.5, 0.6) is 0 Å². The van der Waals surface area contributed by atoms with Crippen molar-refractivity contribution < 1.29 is 9.15 Å². The standard InChI is InChI=1S/C17H17ClN2O2/c1-11-3-6-17(22-11)16(10-21-2)20-14-7-8-19-15-9-12(18)4-5-13(14)15/h3-9,16H,10H2,1-2H3,(H,19,20). The molecule has 1 aromatic carbocycles. The average Bonchev–Trinajstić information content (AvgIpc) is 2.93. The number of furan rings is 1. The first-order chi connectivity index (χ1) is 10.7. The Kier molecular flexibility index (Phi) is 4.32. The number of nitrogens with one attached hydrogen (secondary N) is 1. The number of anilines is 1. The van der Waals surface area contributed by atoms with Crippen LogP contribution >= 0.6 is 11.6 Å². The Morgan fingerprint density at radius 2 is 2.14 bits per heavy atom. The van der Waals surface area contributed by atoms with E-state index in [1.54, 1.807) is 13.3 Å². The zero-order valence-electron chi connectivity index (χ0n) is 12.5. The number of aromatic nitrogens is 1. The molecule has 0 spiro atoms. The molecule has 0 radical (unpaired) electrons. The van der Waals surface area contributed by atoms with E-state index in [1.807, 2.05) is 43.3 Å². The van der Waals surface area contributed by atoms with Gasteiger partial charge >= 0.3 is 0 Å². The van der Waals surface area contributed by atoms with Gasteiger partial charge in [-0.25, -0.2) is 0 Å². The molecule has 1 unspecified atom stereocenters. The average molecular weight is 317 g/mol. The van der Waals surface area contributed by atoms with Crippen molar-refractivity contribution in [1.82, 2.24) is 4.98 Å². The Labute approximate surface area is 134 Å². The Balaban J connectivity index is 1.96. The Bertz CT molecular complexity index is 785. The van der Waals surface area contributed by atoms with E-state index >= 15 is 0 Å². The van der Waals surface area contributed by atoms with Gasteiger partial charge in [-0.3, -0.25) is 4.98 Å². The van der Waals surface area contributed by atoms with Crippen LogP contribution in [0.1, 0.15) is 17.6 Å². The van der Waals surface area contributed by atoms with Crippen LogP contribution in [-0.4, -0.2) is 18.7 Å². The van der Waals surface area contributed by atoms with Crippen LogP contribution < -0.4 is 5.32 Å². The lowest BCUT2D eigenvalue weighted by atomic mass is 10.1. The predicted octanol–water partition coefficient (Wildman–Crippen LogP) is 4.59. The summed E-state index contributed by atoms with van der Waals surface area (Å²) in [5.41, 5.74) is 1.82. The molecule has 0 aliphatic carbocycles. The van der Waals surface area contributed by atoms with Crippen molar-refractivity contribution in [2.45, 2.75) is 13.0 Å². The van der Waals surface area contributed by atoms with Crippen molar-refractivity contribution in [3.63, 3.8) is 0 Å². The highest BCUT2D eigenvalue weighted by molar-refractivity contribution is 6.31. The summed E-state index contributed by atoms with van der Waals surface area (Å²) in [6.45, 7) is 2.43. The van der Waals surface area contributed by atoms with Crippen molar-refractivity contribution in [2.24, 2.45) is 0 Å². The number of methoxy groups -OCH3 is 1. The third-order valence-corrected chi connectivity index (χ3v) is 3.71. The van der Waals surface area contributed by atoms with E-state index in [0.717, 1.165) is 28.1 Å². The maximum atomic E-state index is 6.03. The largest absolute Gasteiger partial charge is 0.464 e. The second kappa shape index (κ2) is 6.38. The highest BCUT2D eigenvalue weighted by atomic mass is 35.5. The van der Waals surface area contributed by atoms with E-state index in [4.69, 9.17) is 20.8 Å². The van der Waals surface area contributed by atoms with Gasteiger partial charge in [-0.1, -0.05) is 11.6 Å². The number of pyridine rings is 1. The molecule has 0 amide bonds. The van der Waals surface area contributed by atoms with Gasteiger partial charge in [-0.15, -0.1) is 0 Å². The summed E-state index contributed by atoms with van der Waals surface area (Å²) in [5, 5.41) is 5.15. The third kappa shape index (κ3) is 3.08. The van der Waals surface area contributed by atoms with Crippen LogP contribution in [-0.2, 0) is 4.74 Å². The molecule has 0 bridgehead atoms. The van der Waals surface area contributed by atoms with Gasteiger partial charge in [0.1, 0.15) is 17.6 Å². The van der Waals surface area contributed by atoms with Gasteiger partial charge in [0.25, 0.3) is 0 Å². The van der Waals surface area contributed by atoms with Gasteiger partial charge in [-0.05, 0) is 43.3 Å². The lowest BCUT2D eigenvalue weighted by Gasteiger charge is -2.18. The first-order valence-electron chi connectivity index (χ1n) is 7.03. The summed E-state index contributed by atoms with van der Waals surface area (Å²) in [6, 6.07) is 11.5. The van der Waals surface area contributed by atoms with Crippen LogP contribution in [0.4, 0.5) is 5.69 Å². The number of ether oxygens (including phenoxy) is 1. The number of rotatable bonds is 5. The molecular weight excluding hydrogens is 300 g/mol. The maximum Gasteiger partial charge on any atom is 0.128 e. The summed E-state index contributed by atoms with van der Waals surface area (Å²) in [5.74, 6) is 1.72. The van der Waals surface area contributed by atoms with Gasteiger partial charge in [0.05, 0.1) is 12.1 Å². The van der Waals surface area contributed by atoms with Crippen LogP contribution in [0.2, 0.25) is 5.02 Å². The summed E-state index contributed by atoms with van der Waals surface area (Å²) >= 11 is 6.03. The van der Waals surface area contributed by atoms with Gasteiger partial charge < -0.3 is 14.5 Å². The summed E-state index contributed by atoms with van der Waals surface area (Å²) in [7, 11) is 1.68. The van der Waals surface area contributed by atoms with Crippen LogP contribution in [0, 0.1) is 6.92 Å². The number of hydrogen-bond acceptors (Lipinski definition) is 4. The van der Waals surface area contributed by atoms with E-state index in [2.05, 4.69) is 10.3 Å². The number of fused-ring (bicyclic) bond motifs is 1. The van der Waals surface area contributed by atoms with Crippen molar-refractivity contribution >= 4 is 28.2 Å². The number of benzene rings is 1. The molecule has 5 heteroatoms. The highest BCUT2D eigenvalue weighted by Crippen LogP contribution is 2.28. The highest BCUT2D eigenvalue weighted by Gasteiger charge is 2.16. The van der Waals surface area contributed by atoms with Crippen LogP contribution in [0.25, 0.3) is 10.9 Å². The van der Waals surface area contributed by atoms with Crippen molar-refractivity contribution in [1.29, 1.82) is 0 Å². The minimum Gasteiger partial charge on any atom is -0.464 e. The Morgan fingerprint density at radius 1 is 1.27 bits per heavy atom. The number of aryl methyl sites for hydroxylation is 1.